The summed E-state index contributed by atoms with van der Waals surface area (Å²) >= 11 is 5.28. The molecule has 0 spiro atoms. The van der Waals surface area contributed by atoms with Gasteiger partial charge in [-0.05, 0) is 23.1 Å². The van der Waals surface area contributed by atoms with Gasteiger partial charge in [-0.3, -0.25) is 4.79 Å². The second-order valence-electron chi connectivity index (χ2n) is 5.90. The number of aliphatic carboxylic acids is 6. The van der Waals surface area contributed by atoms with E-state index in [1.807, 2.05) is 37.3 Å². The summed E-state index contributed by atoms with van der Waals surface area (Å²) in [7, 11) is 0. The van der Waals surface area contributed by atoms with E-state index >= 15 is 0 Å². The van der Waals surface area contributed by atoms with Crippen LogP contribution < -0.4 is 0 Å². The number of carbonyl (C=O) groups is 7. The number of rotatable bonds is 9. The van der Waals surface area contributed by atoms with Gasteiger partial charge in [0.1, 0.15) is 0 Å². The number of carbonyl (C=O) groups excluding carboxylic acids is 1. The molecule has 1 rings (SSSR count). The van der Waals surface area contributed by atoms with Crippen molar-refractivity contribution in [1.82, 2.24) is 0 Å². The van der Waals surface area contributed by atoms with E-state index in [1.165, 1.54) is 0 Å². The minimum atomic E-state index is -1.26. The summed E-state index contributed by atoms with van der Waals surface area (Å²) < 4.78 is 0. The molecule has 0 saturated heterocycles. The number of hydrogen-bond donors (Lipinski definition) is 6. The van der Waals surface area contributed by atoms with E-state index in [1.54, 1.807) is 0 Å². The molecule has 0 aromatic heterocycles. The van der Waals surface area contributed by atoms with Crippen LogP contribution in [0.25, 0.3) is 0 Å². The van der Waals surface area contributed by atoms with Gasteiger partial charge in [0.25, 0.3) is 0 Å². The Labute approximate surface area is 208 Å². The molecule has 6 N–H and O–H groups in total. The van der Waals surface area contributed by atoms with Gasteiger partial charge in [-0.15, -0.1) is 0 Å². The number of carboxylic acids is 6. The predicted octanol–water partition coefficient (Wildman–Crippen LogP) is 2.08. The van der Waals surface area contributed by atoms with Gasteiger partial charge in [-0.2, -0.15) is 0 Å². The normalized spacial score (nSPS) is 10.5. The molecule has 13 nitrogen and oxygen atoms in total. The van der Waals surface area contributed by atoms with Crippen LogP contribution in [0.2, 0.25) is 0 Å². The summed E-state index contributed by atoms with van der Waals surface area (Å²) in [6, 6.07) is 9.89. The molecular formula is C22H23ClO13. The Bertz CT molecular complexity index is 850. The van der Waals surface area contributed by atoms with Crippen LogP contribution in [0.3, 0.4) is 0 Å². The lowest BCUT2D eigenvalue weighted by atomic mass is 9.99. The first-order valence-corrected chi connectivity index (χ1v) is 9.61. The lowest BCUT2D eigenvalue weighted by molar-refractivity contribution is -0.134. The molecule has 0 heterocycles. The zero-order valence-electron chi connectivity index (χ0n) is 18.6. The Kier molecular flexibility index (Phi) is 21.9. The highest BCUT2D eigenvalue weighted by Crippen LogP contribution is 2.19. The lowest BCUT2D eigenvalue weighted by Gasteiger charge is -2.07. The SMILES string of the molecule is C[C@@H](CC(=O)Cl)c1ccccc1.O=C(O)/C=C\C(=O)O.O=C(O)/C=C\C(=O)O.O=C(O)/C=C\C(=O)O. The molecule has 0 fully saturated rings. The van der Waals surface area contributed by atoms with Crippen molar-refractivity contribution in [2.75, 3.05) is 0 Å². The molecule has 196 valence electrons. The molecular weight excluding hydrogens is 508 g/mol. The van der Waals surface area contributed by atoms with Gasteiger partial charge in [-0.1, -0.05) is 37.3 Å². The fourth-order valence-corrected chi connectivity index (χ4v) is 1.80. The number of carboxylic acid groups (broad SMARTS) is 6. The zero-order valence-corrected chi connectivity index (χ0v) is 19.3. The Hall–Kier alpha value is -4.78. The topological polar surface area (TPSA) is 241 Å². The van der Waals surface area contributed by atoms with Crippen LogP contribution in [0.15, 0.2) is 66.8 Å². The molecule has 1 aromatic carbocycles. The maximum absolute atomic E-state index is 10.6. The van der Waals surface area contributed by atoms with Crippen molar-refractivity contribution in [3.05, 3.63) is 72.4 Å². The fraction of sp³-hybridized carbons (Fsp3) is 0.136. The Balaban J connectivity index is -0.000000412. The van der Waals surface area contributed by atoms with Gasteiger partial charge in [0.05, 0.1) is 0 Å². The van der Waals surface area contributed by atoms with Crippen LogP contribution in [-0.4, -0.2) is 71.7 Å². The molecule has 0 unspecified atom stereocenters. The average molecular weight is 531 g/mol. The predicted molar refractivity (Wildman–Crippen MR) is 124 cm³/mol. The van der Waals surface area contributed by atoms with Gasteiger partial charge in [0.2, 0.25) is 5.24 Å². The number of benzene rings is 1. The van der Waals surface area contributed by atoms with E-state index in [9.17, 15) is 33.6 Å². The van der Waals surface area contributed by atoms with E-state index in [0.29, 0.717) is 42.9 Å². The molecule has 0 radical (unpaired) electrons. The second-order valence-corrected chi connectivity index (χ2v) is 6.32. The molecule has 0 amide bonds. The summed E-state index contributed by atoms with van der Waals surface area (Å²) in [6.07, 6.45) is 3.76. The standard InChI is InChI=1S/C10H11ClO.3C4H4O4/c1-8(7-10(11)12)9-5-3-2-4-6-9;3*5-3(6)1-2-4(7)8/h2-6,8H,7H2,1H3;3*1-2H,(H,5,6)(H,7,8)/b;3*2-1-/t8-;;;/m0.../s1. The molecule has 1 aromatic rings. The summed E-state index contributed by atoms with van der Waals surface area (Å²) in [6.45, 7) is 2.00. The molecule has 0 aliphatic rings. The highest BCUT2D eigenvalue weighted by Gasteiger charge is 2.07. The summed E-state index contributed by atoms with van der Waals surface area (Å²) in [5.74, 6) is -7.32. The quantitative estimate of drug-likeness (QED) is 0.198. The first-order chi connectivity index (χ1) is 16.6. The number of hydrogen-bond acceptors (Lipinski definition) is 7. The van der Waals surface area contributed by atoms with Crippen LogP contribution in [0.1, 0.15) is 24.8 Å². The lowest BCUT2D eigenvalue weighted by Crippen LogP contribution is -1.97. The monoisotopic (exact) mass is 530 g/mol. The van der Waals surface area contributed by atoms with Crippen molar-refractivity contribution in [1.29, 1.82) is 0 Å². The molecule has 0 aliphatic heterocycles. The van der Waals surface area contributed by atoms with E-state index < -0.39 is 35.8 Å². The van der Waals surface area contributed by atoms with Crippen molar-refractivity contribution in [3.63, 3.8) is 0 Å². The summed E-state index contributed by atoms with van der Waals surface area (Å²) in [4.78, 5) is 67.9. The third-order valence-electron chi connectivity index (χ3n) is 2.94. The maximum Gasteiger partial charge on any atom is 0.328 e. The second kappa shape index (κ2) is 22.0. The minimum Gasteiger partial charge on any atom is -0.478 e. The Morgan fingerprint density at radius 3 is 1.06 bits per heavy atom. The third-order valence-corrected chi connectivity index (χ3v) is 3.10. The van der Waals surface area contributed by atoms with E-state index in [4.69, 9.17) is 42.2 Å². The first-order valence-electron chi connectivity index (χ1n) is 9.23. The molecule has 14 heteroatoms. The summed E-state index contributed by atoms with van der Waals surface area (Å²) in [5, 5.41) is 46.6. The number of halogens is 1. The van der Waals surface area contributed by atoms with E-state index in [-0.39, 0.29) is 11.2 Å². The highest BCUT2D eigenvalue weighted by molar-refractivity contribution is 6.63. The highest BCUT2D eigenvalue weighted by atomic mass is 35.5. The van der Waals surface area contributed by atoms with Gasteiger partial charge in [0, 0.05) is 42.9 Å². The summed E-state index contributed by atoms with van der Waals surface area (Å²) in [5.41, 5.74) is 1.16. The van der Waals surface area contributed by atoms with Crippen molar-refractivity contribution in [2.45, 2.75) is 19.3 Å². The largest absolute Gasteiger partial charge is 0.478 e. The van der Waals surface area contributed by atoms with Gasteiger partial charge in [-0.25, -0.2) is 28.8 Å². The minimum absolute atomic E-state index is 0.219. The smallest absolute Gasteiger partial charge is 0.328 e. The molecule has 0 bridgehead atoms. The van der Waals surface area contributed by atoms with E-state index in [2.05, 4.69) is 0 Å². The van der Waals surface area contributed by atoms with Gasteiger partial charge >= 0.3 is 35.8 Å². The fourth-order valence-electron chi connectivity index (χ4n) is 1.57. The van der Waals surface area contributed by atoms with Crippen molar-refractivity contribution in [3.8, 4) is 0 Å². The maximum atomic E-state index is 10.6. The van der Waals surface area contributed by atoms with Gasteiger partial charge in [0.15, 0.2) is 0 Å². The zero-order chi connectivity index (χ0) is 28.7. The van der Waals surface area contributed by atoms with Crippen LogP contribution >= 0.6 is 11.6 Å². The molecule has 36 heavy (non-hydrogen) atoms. The first kappa shape index (κ1) is 35.8. The average Bonchev–Trinajstić information content (AvgIpc) is 2.76. The molecule has 1 atom stereocenters. The van der Waals surface area contributed by atoms with Crippen molar-refractivity contribution >= 4 is 52.7 Å². The van der Waals surface area contributed by atoms with Gasteiger partial charge < -0.3 is 30.6 Å². The van der Waals surface area contributed by atoms with Crippen molar-refractivity contribution < 1.29 is 64.2 Å². The Morgan fingerprint density at radius 1 is 0.611 bits per heavy atom. The van der Waals surface area contributed by atoms with E-state index in [0.717, 1.165) is 5.56 Å². The van der Waals surface area contributed by atoms with Crippen molar-refractivity contribution in [2.24, 2.45) is 0 Å². The molecule has 0 saturated carbocycles. The van der Waals surface area contributed by atoms with Crippen LogP contribution in [-0.2, 0) is 33.6 Å². The third kappa shape index (κ3) is 33.8. The van der Waals surface area contributed by atoms with Crippen LogP contribution in [0.4, 0.5) is 0 Å². The molecule has 0 aliphatic carbocycles. The Morgan fingerprint density at radius 2 is 0.861 bits per heavy atom. The van der Waals surface area contributed by atoms with Crippen LogP contribution in [0, 0.1) is 0 Å². The van der Waals surface area contributed by atoms with Crippen LogP contribution in [0.5, 0.6) is 0 Å².